The van der Waals surface area contributed by atoms with Gasteiger partial charge in [-0.25, -0.2) is 8.42 Å². The predicted octanol–water partition coefficient (Wildman–Crippen LogP) is 1.13. The van der Waals surface area contributed by atoms with Crippen LogP contribution in [-0.4, -0.2) is 44.3 Å². The molecule has 0 aliphatic carbocycles. The SMILES string of the molecule is CS(=O)(=O)CCCC(O)CCC1CCCO1. The van der Waals surface area contributed by atoms with Crippen LogP contribution in [0.1, 0.15) is 38.5 Å². The summed E-state index contributed by atoms with van der Waals surface area (Å²) in [6.07, 6.45) is 6.09. The van der Waals surface area contributed by atoms with Crippen LogP contribution in [0.4, 0.5) is 0 Å². The summed E-state index contributed by atoms with van der Waals surface area (Å²) in [4.78, 5) is 0. The fourth-order valence-corrected chi connectivity index (χ4v) is 2.67. The van der Waals surface area contributed by atoms with Crippen LogP contribution in [0.3, 0.4) is 0 Å². The normalized spacial score (nSPS) is 23.5. The van der Waals surface area contributed by atoms with E-state index in [9.17, 15) is 13.5 Å². The zero-order valence-corrected chi connectivity index (χ0v) is 10.7. The molecule has 1 aliphatic heterocycles. The van der Waals surface area contributed by atoms with Gasteiger partial charge in [0.05, 0.1) is 12.2 Å². The number of aliphatic hydroxyl groups is 1. The standard InChI is InChI=1S/C11H22O4S/c1-16(13,14)9-3-4-10(12)6-7-11-5-2-8-15-11/h10-12H,2-9H2,1H3. The van der Waals surface area contributed by atoms with E-state index < -0.39 is 9.84 Å². The van der Waals surface area contributed by atoms with Crippen molar-refractivity contribution in [3.8, 4) is 0 Å². The molecule has 96 valence electrons. The van der Waals surface area contributed by atoms with E-state index in [1.54, 1.807) is 0 Å². The lowest BCUT2D eigenvalue weighted by Crippen LogP contribution is -2.14. The first kappa shape index (κ1) is 13.9. The van der Waals surface area contributed by atoms with Crippen LogP contribution < -0.4 is 0 Å². The first-order chi connectivity index (χ1) is 7.47. The van der Waals surface area contributed by atoms with Crippen molar-refractivity contribution in [1.82, 2.24) is 0 Å². The lowest BCUT2D eigenvalue weighted by molar-refractivity contribution is 0.0788. The molecule has 5 heteroatoms. The third-order valence-corrected chi connectivity index (χ3v) is 3.93. The molecule has 0 aromatic rings. The Hall–Kier alpha value is -0.130. The maximum absolute atomic E-state index is 10.9. The molecule has 0 aromatic carbocycles. The Morgan fingerprint density at radius 1 is 1.44 bits per heavy atom. The summed E-state index contributed by atoms with van der Waals surface area (Å²) >= 11 is 0. The van der Waals surface area contributed by atoms with Crippen LogP contribution in [0.5, 0.6) is 0 Å². The largest absolute Gasteiger partial charge is 0.393 e. The molecule has 0 amide bonds. The topological polar surface area (TPSA) is 63.6 Å². The minimum absolute atomic E-state index is 0.171. The Balaban J connectivity index is 2.04. The first-order valence-electron chi connectivity index (χ1n) is 5.95. The fourth-order valence-electron chi connectivity index (χ4n) is 1.98. The molecule has 1 heterocycles. The van der Waals surface area contributed by atoms with Crippen LogP contribution in [0.15, 0.2) is 0 Å². The molecule has 0 saturated carbocycles. The second-order valence-corrected chi connectivity index (χ2v) is 6.90. The molecule has 1 aliphatic rings. The predicted molar refractivity (Wildman–Crippen MR) is 63.2 cm³/mol. The van der Waals surface area contributed by atoms with Gasteiger partial charge in [-0.1, -0.05) is 0 Å². The van der Waals surface area contributed by atoms with Crippen molar-refractivity contribution >= 4 is 9.84 Å². The lowest BCUT2D eigenvalue weighted by atomic mass is 10.0. The van der Waals surface area contributed by atoms with Crippen LogP contribution >= 0.6 is 0 Å². The Labute approximate surface area is 97.9 Å². The minimum Gasteiger partial charge on any atom is -0.393 e. The number of sulfone groups is 1. The van der Waals surface area contributed by atoms with Crippen molar-refractivity contribution in [3.05, 3.63) is 0 Å². The van der Waals surface area contributed by atoms with Gasteiger partial charge in [0.2, 0.25) is 0 Å². The zero-order chi connectivity index (χ0) is 12.0. The third kappa shape index (κ3) is 6.45. The van der Waals surface area contributed by atoms with Gasteiger partial charge in [0.1, 0.15) is 9.84 Å². The molecule has 1 N–H and O–H groups in total. The summed E-state index contributed by atoms with van der Waals surface area (Å²) in [5, 5.41) is 9.66. The van der Waals surface area contributed by atoms with Crippen LogP contribution in [0.25, 0.3) is 0 Å². The second-order valence-electron chi connectivity index (χ2n) is 4.64. The second kappa shape index (κ2) is 6.57. The van der Waals surface area contributed by atoms with E-state index >= 15 is 0 Å². The van der Waals surface area contributed by atoms with E-state index in [1.165, 1.54) is 6.26 Å². The average Bonchev–Trinajstić information content (AvgIpc) is 2.65. The average molecular weight is 250 g/mol. The highest BCUT2D eigenvalue weighted by atomic mass is 32.2. The van der Waals surface area contributed by atoms with E-state index in [0.29, 0.717) is 25.4 Å². The van der Waals surface area contributed by atoms with Crippen LogP contribution in [0, 0.1) is 0 Å². The first-order valence-corrected chi connectivity index (χ1v) is 8.01. The molecule has 1 fully saturated rings. The van der Waals surface area contributed by atoms with Gasteiger partial charge in [0, 0.05) is 18.6 Å². The Morgan fingerprint density at radius 2 is 2.19 bits per heavy atom. The van der Waals surface area contributed by atoms with E-state index in [0.717, 1.165) is 25.9 Å². The van der Waals surface area contributed by atoms with Crippen molar-refractivity contribution < 1.29 is 18.3 Å². The zero-order valence-electron chi connectivity index (χ0n) is 9.89. The highest BCUT2D eigenvalue weighted by molar-refractivity contribution is 7.90. The Morgan fingerprint density at radius 3 is 2.75 bits per heavy atom. The molecule has 16 heavy (non-hydrogen) atoms. The van der Waals surface area contributed by atoms with Gasteiger partial charge in [-0.15, -0.1) is 0 Å². The molecule has 0 spiro atoms. The van der Waals surface area contributed by atoms with E-state index in [4.69, 9.17) is 4.74 Å². The van der Waals surface area contributed by atoms with E-state index in [-0.39, 0.29) is 11.9 Å². The van der Waals surface area contributed by atoms with Gasteiger partial charge in [-0.05, 0) is 38.5 Å². The molecule has 0 bridgehead atoms. The number of rotatable bonds is 7. The number of aliphatic hydroxyl groups excluding tert-OH is 1. The molecule has 1 saturated heterocycles. The number of ether oxygens (including phenoxy) is 1. The summed E-state index contributed by atoms with van der Waals surface area (Å²) < 4.78 is 27.2. The van der Waals surface area contributed by atoms with Crippen molar-refractivity contribution in [2.24, 2.45) is 0 Å². The summed E-state index contributed by atoms with van der Waals surface area (Å²) in [5.41, 5.74) is 0. The third-order valence-electron chi connectivity index (χ3n) is 2.90. The minimum atomic E-state index is -2.89. The van der Waals surface area contributed by atoms with Gasteiger partial charge >= 0.3 is 0 Å². The van der Waals surface area contributed by atoms with E-state index in [2.05, 4.69) is 0 Å². The van der Waals surface area contributed by atoms with Gasteiger partial charge in [-0.3, -0.25) is 0 Å². The summed E-state index contributed by atoms with van der Waals surface area (Å²) in [7, 11) is -2.89. The maximum atomic E-state index is 10.9. The summed E-state index contributed by atoms with van der Waals surface area (Å²) in [5.74, 6) is 0.171. The van der Waals surface area contributed by atoms with Crippen molar-refractivity contribution in [3.63, 3.8) is 0 Å². The van der Waals surface area contributed by atoms with Gasteiger partial charge < -0.3 is 9.84 Å². The van der Waals surface area contributed by atoms with Crippen molar-refractivity contribution in [1.29, 1.82) is 0 Å². The maximum Gasteiger partial charge on any atom is 0.147 e. The number of hydrogen-bond donors (Lipinski definition) is 1. The molecular weight excluding hydrogens is 228 g/mol. The Bertz CT molecular complexity index is 280. The number of hydrogen-bond acceptors (Lipinski definition) is 4. The van der Waals surface area contributed by atoms with Crippen LogP contribution in [0.2, 0.25) is 0 Å². The summed E-state index contributed by atoms with van der Waals surface area (Å²) in [6, 6.07) is 0. The monoisotopic (exact) mass is 250 g/mol. The quantitative estimate of drug-likeness (QED) is 0.735. The highest BCUT2D eigenvalue weighted by Gasteiger charge is 2.17. The molecule has 4 nitrogen and oxygen atoms in total. The molecule has 1 rings (SSSR count). The molecule has 0 radical (unpaired) electrons. The van der Waals surface area contributed by atoms with Gasteiger partial charge in [0.25, 0.3) is 0 Å². The smallest absolute Gasteiger partial charge is 0.147 e. The van der Waals surface area contributed by atoms with Crippen molar-refractivity contribution in [2.45, 2.75) is 50.7 Å². The van der Waals surface area contributed by atoms with Gasteiger partial charge in [-0.2, -0.15) is 0 Å². The van der Waals surface area contributed by atoms with Crippen LogP contribution in [-0.2, 0) is 14.6 Å². The lowest BCUT2D eigenvalue weighted by Gasteiger charge is -2.13. The van der Waals surface area contributed by atoms with E-state index in [1.807, 2.05) is 0 Å². The molecule has 2 unspecified atom stereocenters. The Kier molecular flexibility index (Phi) is 5.72. The molecular formula is C11H22O4S. The molecule has 0 aromatic heterocycles. The highest BCUT2D eigenvalue weighted by Crippen LogP contribution is 2.18. The fraction of sp³-hybridized carbons (Fsp3) is 1.00. The molecule has 2 atom stereocenters. The van der Waals surface area contributed by atoms with Crippen molar-refractivity contribution in [2.75, 3.05) is 18.6 Å². The summed E-state index contributed by atoms with van der Waals surface area (Å²) in [6.45, 7) is 0.842. The van der Waals surface area contributed by atoms with Gasteiger partial charge in [0.15, 0.2) is 0 Å².